The van der Waals surface area contributed by atoms with E-state index in [1.54, 1.807) is 6.07 Å². The molecule has 2 rings (SSSR count). The maximum absolute atomic E-state index is 13.0. The van der Waals surface area contributed by atoms with Gasteiger partial charge in [-0.25, -0.2) is 8.78 Å². The normalized spacial score (nSPS) is 18.3. The first kappa shape index (κ1) is 16.9. The molecule has 1 saturated carbocycles. The van der Waals surface area contributed by atoms with Gasteiger partial charge in [0.25, 0.3) is 5.91 Å². The zero-order valence-corrected chi connectivity index (χ0v) is 14.9. The summed E-state index contributed by atoms with van der Waals surface area (Å²) in [5, 5.41) is 2.75. The Bertz CT molecular complexity index is 497. The van der Waals surface area contributed by atoms with Crippen molar-refractivity contribution in [3.05, 3.63) is 26.2 Å². The van der Waals surface area contributed by atoms with Crippen LogP contribution in [0.3, 0.4) is 0 Å². The van der Waals surface area contributed by atoms with Gasteiger partial charge in [-0.05, 0) is 53.6 Å². The lowest BCUT2D eigenvalue weighted by Gasteiger charge is -2.28. The lowest BCUT2D eigenvalue weighted by molar-refractivity contribution is -0.124. The van der Waals surface area contributed by atoms with Gasteiger partial charge in [-0.2, -0.15) is 0 Å². The monoisotopic (exact) mass is 473 g/mol. The van der Waals surface area contributed by atoms with Crippen LogP contribution in [0.15, 0.2) is 22.7 Å². The Morgan fingerprint density at radius 2 is 2.05 bits per heavy atom. The molecule has 1 aromatic rings. The summed E-state index contributed by atoms with van der Waals surface area (Å²) < 4.78 is 33.3. The molecule has 1 fully saturated rings. The van der Waals surface area contributed by atoms with Crippen molar-refractivity contribution >= 4 is 44.4 Å². The van der Waals surface area contributed by atoms with Crippen LogP contribution in [-0.4, -0.2) is 24.5 Å². The number of rotatable bonds is 4. The van der Waals surface area contributed by atoms with E-state index < -0.39 is 5.92 Å². The number of benzene rings is 1. The molecule has 0 spiro atoms. The van der Waals surface area contributed by atoms with Crippen LogP contribution in [-0.2, 0) is 4.79 Å². The zero-order valence-electron chi connectivity index (χ0n) is 11.2. The summed E-state index contributed by atoms with van der Waals surface area (Å²) in [7, 11) is 0. The van der Waals surface area contributed by atoms with Crippen LogP contribution in [0.5, 0.6) is 5.75 Å². The second kappa shape index (κ2) is 7.21. The van der Waals surface area contributed by atoms with Crippen molar-refractivity contribution in [1.29, 1.82) is 0 Å². The van der Waals surface area contributed by atoms with Crippen molar-refractivity contribution in [3.63, 3.8) is 0 Å². The number of alkyl halides is 2. The van der Waals surface area contributed by atoms with Crippen LogP contribution in [0, 0.1) is 3.57 Å². The molecule has 116 valence electrons. The molecule has 0 aliphatic heterocycles. The second-order valence-corrected chi connectivity index (χ2v) is 7.25. The van der Waals surface area contributed by atoms with Gasteiger partial charge in [-0.3, -0.25) is 4.79 Å². The molecule has 0 heterocycles. The number of hydrogen-bond acceptors (Lipinski definition) is 2. The highest BCUT2D eigenvalue weighted by atomic mass is 127. The van der Waals surface area contributed by atoms with E-state index in [2.05, 4.69) is 43.8 Å². The van der Waals surface area contributed by atoms with Gasteiger partial charge in [0.05, 0.1) is 0 Å². The lowest BCUT2D eigenvalue weighted by Crippen LogP contribution is -2.42. The molecule has 0 atom stereocenters. The number of ether oxygens (including phenoxy) is 1. The number of halogens is 4. The third-order valence-electron chi connectivity index (χ3n) is 3.29. The summed E-state index contributed by atoms with van der Waals surface area (Å²) in [6.45, 7) is -0.112. The Hall–Kier alpha value is -0.440. The topological polar surface area (TPSA) is 38.3 Å². The van der Waals surface area contributed by atoms with Gasteiger partial charge in [-0.1, -0.05) is 15.9 Å². The number of amides is 1. The van der Waals surface area contributed by atoms with Gasteiger partial charge in [0.1, 0.15) is 5.75 Å². The Morgan fingerprint density at radius 1 is 1.38 bits per heavy atom. The molecule has 1 amide bonds. The minimum Gasteiger partial charge on any atom is -0.484 e. The van der Waals surface area contributed by atoms with E-state index in [1.807, 2.05) is 12.1 Å². The molecule has 1 aromatic carbocycles. The summed E-state index contributed by atoms with van der Waals surface area (Å²) in [5.74, 6) is -2.26. The fourth-order valence-electron chi connectivity index (χ4n) is 2.21. The Morgan fingerprint density at radius 3 is 2.67 bits per heavy atom. The number of hydrogen-bond donors (Lipinski definition) is 1. The van der Waals surface area contributed by atoms with Crippen molar-refractivity contribution in [1.82, 2.24) is 5.32 Å². The summed E-state index contributed by atoms with van der Waals surface area (Å²) in [6.07, 6.45) is 0.298. The van der Waals surface area contributed by atoms with E-state index in [9.17, 15) is 13.6 Å². The molecule has 0 aromatic heterocycles. The molecule has 1 aliphatic rings. The zero-order chi connectivity index (χ0) is 15.5. The van der Waals surface area contributed by atoms with E-state index >= 15 is 0 Å². The number of carbonyl (C=O) groups is 1. The number of nitrogens with one attached hydrogen (secondary N) is 1. The minimum absolute atomic E-state index is 0.112. The van der Waals surface area contributed by atoms with E-state index in [1.165, 1.54) is 0 Å². The standard InChI is InChI=1S/C14H15BrF2INO2/c15-9-5-10(18)7-12(6-9)21-8-13(20)19-11-1-3-14(16,17)4-2-11/h5-7,11H,1-4,8H2,(H,19,20). The van der Waals surface area contributed by atoms with Gasteiger partial charge in [0.2, 0.25) is 5.92 Å². The first-order chi connectivity index (χ1) is 9.84. The molecular weight excluding hydrogens is 459 g/mol. The van der Waals surface area contributed by atoms with Crippen molar-refractivity contribution < 1.29 is 18.3 Å². The highest BCUT2D eigenvalue weighted by Gasteiger charge is 2.35. The van der Waals surface area contributed by atoms with Crippen LogP contribution >= 0.6 is 38.5 Å². The van der Waals surface area contributed by atoms with Crippen molar-refractivity contribution in [2.24, 2.45) is 0 Å². The molecule has 3 nitrogen and oxygen atoms in total. The minimum atomic E-state index is -2.58. The van der Waals surface area contributed by atoms with Crippen molar-refractivity contribution in [3.8, 4) is 5.75 Å². The fourth-order valence-corrected chi connectivity index (χ4v) is 3.76. The molecule has 0 saturated heterocycles. The smallest absolute Gasteiger partial charge is 0.258 e. The van der Waals surface area contributed by atoms with Crippen LogP contribution < -0.4 is 10.1 Å². The third-order valence-corrected chi connectivity index (χ3v) is 4.37. The Labute approximate surface area is 144 Å². The predicted molar refractivity (Wildman–Crippen MR) is 87.7 cm³/mol. The van der Waals surface area contributed by atoms with Gasteiger partial charge >= 0.3 is 0 Å². The van der Waals surface area contributed by atoms with Gasteiger partial charge in [0.15, 0.2) is 6.61 Å². The summed E-state index contributed by atoms with van der Waals surface area (Å²) in [6, 6.07) is 5.34. The van der Waals surface area contributed by atoms with E-state index in [4.69, 9.17) is 4.74 Å². The summed E-state index contributed by atoms with van der Waals surface area (Å²) in [5.41, 5.74) is 0. The second-order valence-electron chi connectivity index (χ2n) is 5.09. The van der Waals surface area contributed by atoms with E-state index in [-0.39, 0.29) is 31.4 Å². The quantitative estimate of drug-likeness (QED) is 0.668. The Kier molecular flexibility index (Phi) is 5.81. The van der Waals surface area contributed by atoms with Gasteiger partial charge in [0, 0.05) is 26.9 Å². The van der Waals surface area contributed by atoms with Gasteiger partial charge < -0.3 is 10.1 Å². The highest BCUT2D eigenvalue weighted by Crippen LogP contribution is 2.32. The summed E-state index contributed by atoms with van der Waals surface area (Å²) in [4.78, 5) is 11.8. The predicted octanol–water partition coefficient (Wildman–Crippen LogP) is 4.13. The van der Waals surface area contributed by atoms with E-state index in [0.717, 1.165) is 8.04 Å². The van der Waals surface area contributed by atoms with Crippen molar-refractivity contribution in [2.75, 3.05) is 6.61 Å². The third kappa shape index (κ3) is 5.69. The molecular formula is C14H15BrF2INO2. The largest absolute Gasteiger partial charge is 0.484 e. The van der Waals surface area contributed by atoms with Crippen LogP contribution in [0.4, 0.5) is 8.78 Å². The number of carbonyl (C=O) groups excluding carboxylic acids is 1. The molecule has 21 heavy (non-hydrogen) atoms. The molecule has 1 aliphatic carbocycles. The first-order valence-corrected chi connectivity index (χ1v) is 8.47. The first-order valence-electron chi connectivity index (χ1n) is 6.60. The molecule has 0 bridgehead atoms. The van der Waals surface area contributed by atoms with Crippen LogP contribution in [0.1, 0.15) is 25.7 Å². The Balaban J connectivity index is 1.77. The lowest BCUT2D eigenvalue weighted by atomic mass is 9.92. The van der Waals surface area contributed by atoms with E-state index in [0.29, 0.717) is 18.6 Å². The highest BCUT2D eigenvalue weighted by molar-refractivity contribution is 14.1. The molecule has 0 unspecified atom stereocenters. The average Bonchev–Trinajstić information content (AvgIpc) is 2.38. The van der Waals surface area contributed by atoms with Crippen molar-refractivity contribution in [2.45, 2.75) is 37.6 Å². The maximum Gasteiger partial charge on any atom is 0.258 e. The molecule has 0 radical (unpaired) electrons. The maximum atomic E-state index is 13.0. The van der Waals surface area contributed by atoms with Crippen LogP contribution in [0.2, 0.25) is 0 Å². The van der Waals surface area contributed by atoms with Gasteiger partial charge in [-0.15, -0.1) is 0 Å². The molecule has 1 N–H and O–H groups in total. The molecule has 7 heteroatoms. The fraction of sp³-hybridized carbons (Fsp3) is 0.500. The average molecular weight is 474 g/mol. The van der Waals surface area contributed by atoms with Crippen LogP contribution in [0.25, 0.3) is 0 Å². The summed E-state index contributed by atoms with van der Waals surface area (Å²) >= 11 is 5.51. The SMILES string of the molecule is O=C(COc1cc(Br)cc(I)c1)NC1CCC(F)(F)CC1.